The summed E-state index contributed by atoms with van der Waals surface area (Å²) in [6.45, 7) is 0. The molecule has 5 heteroatoms. The zero-order chi connectivity index (χ0) is 21.5. The number of hydrogen-bond donors (Lipinski definition) is 2. The molecule has 0 unspecified atom stereocenters. The van der Waals surface area contributed by atoms with Gasteiger partial charge in [0, 0.05) is 22.3 Å². The van der Waals surface area contributed by atoms with Crippen LogP contribution in [0, 0.1) is 0 Å². The maximum atomic E-state index is 13.0. The zero-order valence-corrected chi connectivity index (χ0v) is 17.0. The first-order valence-electron chi connectivity index (χ1n) is 10.4. The molecule has 2 N–H and O–H groups in total. The van der Waals surface area contributed by atoms with Crippen LogP contribution in [0.3, 0.4) is 0 Å². The van der Waals surface area contributed by atoms with E-state index in [9.17, 15) is 4.79 Å². The predicted octanol–water partition coefficient (Wildman–Crippen LogP) is 6.00. The number of carbonyl (C=O) groups excluding carboxylic acids is 1. The summed E-state index contributed by atoms with van der Waals surface area (Å²) in [5.74, 6) is 1.57. The molecule has 2 heterocycles. The van der Waals surface area contributed by atoms with Gasteiger partial charge in [-0.15, -0.1) is 0 Å². The Morgan fingerprint density at radius 2 is 0.938 bits per heavy atom. The lowest BCUT2D eigenvalue weighted by Crippen LogP contribution is -2.01. The fourth-order valence-electron chi connectivity index (χ4n) is 3.90. The van der Waals surface area contributed by atoms with E-state index >= 15 is 0 Å². The van der Waals surface area contributed by atoms with Gasteiger partial charge in [-0.25, -0.2) is 9.97 Å². The van der Waals surface area contributed by atoms with Gasteiger partial charge in [-0.1, -0.05) is 72.8 Å². The van der Waals surface area contributed by atoms with Gasteiger partial charge in [-0.05, 0) is 24.3 Å². The lowest BCUT2D eigenvalue weighted by atomic mass is 10.0. The van der Waals surface area contributed by atoms with E-state index in [1.54, 1.807) is 0 Å². The van der Waals surface area contributed by atoms with Crippen molar-refractivity contribution in [1.29, 1.82) is 0 Å². The van der Waals surface area contributed by atoms with Crippen molar-refractivity contribution in [3.8, 4) is 22.8 Å². The first-order valence-corrected chi connectivity index (χ1v) is 10.4. The standard InChI is InChI=1S/C27H18N4O/c32-25(17-9-13-19(14-10-17)26-28-21-5-1-2-6-22(21)29-26)18-11-15-20(16-12-18)27-30-23-7-3-4-8-24(23)31-27/h1-16H,(H,28,29)(H,30,31). The van der Waals surface area contributed by atoms with Crippen molar-refractivity contribution in [1.82, 2.24) is 19.9 Å². The quantitative estimate of drug-likeness (QED) is 0.347. The van der Waals surface area contributed by atoms with Crippen molar-refractivity contribution in [2.45, 2.75) is 0 Å². The van der Waals surface area contributed by atoms with Crippen molar-refractivity contribution in [3.05, 3.63) is 108 Å². The van der Waals surface area contributed by atoms with E-state index in [0.717, 1.165) is 44.8 Å². The topological polar surface area (TPSA) is 74.4 Å². The second-order valence-corrected chi connectivity index (χ2v) is 7.69. The van der Waals surface area contributed by atoms with Gasteiger partial charge >= 0.3 is 0 Å². The van der Waals surface area contributed by atoms with Crippen LogP contribution in [0.4, 0.5) is 0 Å². The monoisotopic (exact) mass is 414 g/mol. The highest BCUT2D eigenvalue weighted by Crippen LogP contribution is 2.24. The summed E-state index contributed by atoms with van der Waals surface area (Å²) >= 11 is 0. The minimum atomic E-state index is -0.0164. The van der Waals surface area contributed by atoms with Crippen LogP contribution in [0.15, 0.2) is 97.1 Å². The number of rotatable bonds is 4. The molecule has 4 aromatic carbocycles. The Balaban J connectivity index is 1.24. The third-order valence-electron chi connectivity index (χ3n) is 5.62. The number of imidazole rings is 2. The number of H-pyrrole nitrogens is 2. The Morgan fingerprint density at radius 1 is 0.531 bits per heavy atom. The molecule has 0 radical (unpaired) electrons. The third-order valence-corrected chi connectivity index (χ3v) is 5.62. The minimum absolute atomic E-state index is 0.0164. The maximum absolute atomic E-state index is 13.0. The Hall–Kier alpha value is -4.51. The highest BCUT2D eigenvalue weighted by Gasteiger charge is 2.12. The Morgan fingerprint density at radius 3 is 1.34 bits per heavy atom. The summed E-state index contributed by atoms with van der Waals surface area (Å²) in [4.78, 5) is 28.9. The molecular weight excluding hydrogens is 396 g/mol. The summed E-state index contributed by atoms with van der Waals surface area (Å²) in [6, 6.07) is 30.9. The third kappa shape index (κ3) is 3.17. The summed E-state index contributed by atoms with van der Waals surface area (Å²) in [5, 5.41) is 0. The number of benzene rings is 4. The van der Waals surface area contributed by atoms with Crippen molar-refractivity contribution < 1.29 is 4.79 Å². The molecular formula is C27H18N4O. The van der Waals surface area contributed by atoms with Crippen LogP contribution in [0.1, 0.15) is 15.9 Å². The number of hydrogen-bond acceptors (Lipinski definition) is 3. The molecule has 152 valence electrons. The average Bonchev–Trinajstić information content (AvgIpc) is 3.48. The summed E-state index contributed by atoms with van der Waals surface area (Å²) in [7, 11) is 0. The normalized spacial score (nSPS) is 11.2. The van der Waals surface area contributed by atoms with Crippen LogP contribution >= 0.6 is 0 Å². The van der Waals surface area contributed by atoms with E-state index in [-0.39, 0.29) is 5.78 Å². The number of carbonyl (C=O) groups is 1. The molecule has 0 aliphatic rings. The van der Waals surface area contributed by atoms with Crippen molar-refractivity contribution in [3.63, 3.8) is 0 Å². The van der Waals surface area contributed by atoms with Crippen LogP contribution < -0.4 is 0 Å². The SMILES string of the molecule is O=C(c1ccc(-c2nc3ccccc3[nH]2)cc1)c1ccc(-c2nc3ccccc3[nH]2)cc1. The fourth-order valence-corrected chi connectivity index (χ4v) is 3.90. The molecule has 0 fully saturated rings. The average molecular weight is 414 g/mol. The first kappa shape index (κ1) is 18.3. The largest absolute Gasteiger partial charge is 0.338 e. The first-order chi connectivity index (χ1) is 15.7. The van der Waals surface area contributed by atoms with Crippen molar-refractivity contribution >= 4 is 27.9 Å². The van der Waals surface area contributed by atoms with Crippen molar-refractivity contribution in [2.24, 2.45) is 0 Å². The maximum Gasteiger partial charge on any atom is 0.193 e. The molecule has 0 spiro atoms. The molecule has 0 atom stereocenters. The van der Waals surface area contributed by atoms with E-state index in [1.807, 2.05) is 97.1 Å². The lowest BCUT2D eigenvalue weighted by molar-refractivity contribution is 0.103. The molecule has 0 amide bonds. The number of fused-ring (bicyclic) bond motifs is 2. The molecule has 0 aliphatic heterocycles. The molecule has 6 aromatic rings. The summed E-state index contributed by atoms with van der Waals surface area (Å²) < 4.78 is 0. The summed E-state index contributed by atoms with van der Waals surface area (Å²) in [6.07, 6.45) is 0. The van der Waals surface area contributed by atoms with E-state index in [4.69, 9.17) is 0 Å². The van der Waals surface area contributed by atoms with Gasteiger partial charge < -0.3 is 9.97 Å². The second kappa shape index (κ2) is 7.32. The van der Waals surface area contributed by atoms with Crippen LogP contribution in [0.25, 0.3) is 44.8 Å². The van der Waals surface area contributed by atoms with Crippen molar-refractivity contribution in [2.75, 3.05) is 0 Å². The van der Waals surface area contributed by atoms with E-state index in [2.05, 4.69) is 19.9 Å². The fraction of sp³-hybridized carbons (Fsp3) is 0. The Bertz CT molecular complexity index is 1390. The number of aromatic nitrogens is 4. The van der Waals surface area contributed by atoms with E-state index in [0.29, 0.717) is 11.1 Å². The van der Waals surface area contributed by atoms with Gasteiger partial charge in [0.1, 0.15) is 11.6 Å². The van der Waals surface area contributed by atoms with E-state index < -0.39 is 0 Å². The van der Waals surface area contributed by atoms with E-state index in [1.165, 1.54) is 0 Å². The number of ketones is 1. The molecule has 2 aromatic heterocycles. The molecule has 5 nitrogen and oxygen atoms in total. The number of para-hydroxylation sites is 4. The summed E-state index contributed by atoms with van der Waals surface area (Å²) in [5.41, 5.74) is 7.00. The zero-order valence-electron chi connectivity index (χ0n) is 17.0. The van der Waals surface area contributed by atoms with Crippen LogP contribution in [-0.2, 0) is 0 Å². The lowest BCUT2D eigenvalue weighted by Gasteiger charge is -2.04. The molecule has 0 saturated carbocycles. The number of nitrogens with zero attached hydrogens (tertiary/aromatic N) is 2. The highest BCUT2D eigenvalue weighted by atomic mass is 16.1. The molecule has 32 heavy (non-hydrogen) atoms. The minimum Gasteiger partial charge on any atom is -0.338 e. The van der Waals surface area contributed by atoms with Crippen LogP contribution in [-0.4, -0.2) is 25.7 Å². The van der Waals surface area contributed by atoms with Gasteiger partial charge in [-0.3, -0.25) is 4.79 Å². The Kier molecular flexibility index (Phi) is 4.18. The van der Waals surface area contributed by atoms with Gasteiger partial charge in [-0.2, -0.15) is 0 Å². The highest BCUT2D eigenvalue weighted by molar-refractivity contribution is 6.09. The molecule has 6 rings (SSSR count). The van der Waals surface area contributed by atoms with Crippen LogP contribution in [0.2, 0.25) is 0 Å². The van der Waals surface area contributed by atoms with Gasteiger partial charge in [0.25, 0.3) is 0 Å². The molecule has 0 aliphatic carbocycles. The van der Waals surface area contributed by atoms with Gasteiger partial charge in [0.2, 0.25) is 0 Å². The second-order valence-electron chi connectivity index (χ2n) is 7.69. The van der Waals surface area contributed by atoms with Gasteiger partial charge in [0.05, 0.1) is 22.1 Å². The molecule has 0 bridgehead atoms. The number of aromatic amines is 2. The van der Waals surface area contributed by atoms with Crippen LogP contribution in [0.5, 0.6) is 0 Å². The van der Waals surface area contributed by atoms with Gasteiger partial charge in [0.15, 0.2) is 5.78 Å². The molecule has 0 saturated heterocycles. The predicted molar refractivity (Wildman–Crippen MR) is 126 cm³/mol. The number of nitrogens with one attached hydrogen (secondary N) is 2. The smallest absolute Gasteiger partial charge is 0.193 e. The Labute approximate surface area is 183 Å².